The first-order chi connectivity index (χ1) is 11.0. The SMILES string of the molecule is CC1(C)CC(=O)c2cc(C#Cc3ncccc3C#N)cnc2C1. The Balaban J connectivity index is 1.96. The number of nitrogens with zero attached hydrogens (tertiary/aromatic N) is 3. The van der Waals surface area contributed by atoms with Gasteiger partial charge in [0.1, 0.15) is 11.8 Å². The zero-order chi connectivity index (χ0) is 16.4. The van der Waals surface area contributed by atoms with Crippen molar-refractivity contribution in [1.82, 2.24) is 9.97 Å². The van der Waals surface area contributed by atoms with Gasteiger partial charge >= 0.3 is 0 Å². The van der Waals surface area contributed by atoms with Crippen LogP contribution in [0.4, 0.5) is 0 Å². The van der Waals surface area contributed by atoms with Crippen molar-refractivity contribution >= 4 is 5.78 Å². The first-order valence-corrected chi connectivity index (χ1v) is 7.38. The molecule has 0 fully saturated rings. The molecular formula is C19H15N3O. The zero-order valence-electron chi connectivity index (χ0n) is 13.1. The highest BCUT2D eigenvalue weighted by Crippen LogP contribution is 2.33. The summed E-state index contributed by atoms with van der Waals surface area (Å²) in [5.74, 6) is 5.95. The van der Waals surface area contributed by atoms with Crippen LogP contribution in [0.2, 0.25) is 0 Å². The smallest absolute Gasteiger partial charge is 0.165 e. The number of Topliss-reactive ketones (excluding diaryl/α,β-unsaturated/α-hetero) is 1. The number of hydrogen-bond donors (Lipinski definition) is 0. The van der Waals surface area contributed by atoms with Crippen molar-refractivity contribution in [2.75, 3.05) is 0 Å². The first-order valence-electron chi connectivity index (χ1n) is 7.38. The Labute approximate surface area is 135 Å². The standard InChI is InChI=1S/C19H15N3O/c1-19(2)9-17-15(18(23)10-19)8-13(12-22-17)5-6-16-14(11-20)4-3-7-21-16/h3-4,7-8,12H,9-10H2,1-2H3. The first kappa shape index (κ1) is 14.9. The van der Waals surface area contributed by atoms with Crippen molar-refractivity contribution < 1.29 is 4.79 Å². The molecule has 0 N–H and O–H groups in total. The van der Waals surface area contributed by atoms with Crippen molar-refractivity contribution in [3.8, 4) is 17.9 Å². The third-order valence-electron chi connectivity index (χ3n) is 3.81. The van der Waals surface area contributed by atoms with Crippen LogP contribution in [0.1, 0.15) is 53.1 Å². The predicted octanol–water partition coefficient (Wildman–Crippen LogP) is 2.90. The van der Waals surface area contributed by atoms with Crippen LogP contribution in [0.15, 0.2) is 30.6 Å². The number of fused-ring (bicyclic) bond motifs is 1. The minimum Gasteiger partial charge on any atom is -0.294 e. The lowest BCUT2D eigenvalue weighted by atomic mass is 9.75. The maximum absolute atomic E-state index is 12.3. The molecule has 3 rings (SSSR count). The predicted molar refractivity (Wildman–Crippen MR) is 85.6 cm³/mol. The van der Waals surface area contributed by atoms with Gasteiger partial charge in [0, 0.05) is 29.9 Å². The van der Waals surface area contributed by atoms with Crippen LogP contribution in [0.5, 0.6) is 0 Å². The van der Waals surface area contributed by atoms with E-state index in [0.29, 0.717) is 28.8 Å². The fraction of sp³-hybridized carbons (Fsp3) is 0.263. The zero-order valence-corrected chi connectivity index (χ0v) is 13.1. The molecule has 0 saturated heterocycles. The van der Waals surface area contributed by atoms with Crippen molar-refractivity contribution in [2.45, 2.75) is 26.7 Å². The Kier molecular flexibility index (Phi) is 3.68. The van der Waals surface area contributed by atoms with Crippen molar-refractivity contribution in [2.24, 2.45) is 5.41 Å². The molecule has 23 heavy (non-hydrogen) atoms. The average molecular weight is 301 g/mol. The Morgan fingerprint density at radius 2 is 2.04 bits per heavy atom. The number of nitriles is 1. The van der Waals surface area contributed by atoms with Gasteiger partial charge in [-0.25, -0.2) is 4.98 Å². The normalized spacial score (nSPS) is 15.1. The summed E-state index contributed by atoms with van der Waals surface area (Å²) in [6.07, 6.45) is 4.59. The molecule has 4 nitrogen and oxygen atoms in total. The molecular weight excluding hydrogens is 286 g/mol. The van der Waals surface area contributed by atoms with Gasteiger partial charge in [0.05, 0.1) is 11.3 Å². The second kappa shape index (κ2) is 5.66. The van der Waals surface area contributed by atoms with E-state index in [1.54, 1.807) is 30.6 Å². The molecule has 0 aliphatic heterocycles. The van der Waals surface area contributed by atoms with E-state index < -0.39 is 0 Å². The maximum atomic E-state index is 12.3. The molecule has 0 bridgehead atoms. The topological polar surface area (TPSA) is 66.6 Å². The fourth-order valence-electron chi connectivity index (χ4n) is 2.72. The van der Waals surface area contributed by atoms with E-state index >= 15 is 0 Å². The quantitative estimate of drug-likeness (QED) is 0.702. The van der Waals surface area contributed by atoms with Crippen LogP contribution in [0, 0.1) is 28.6 Å². The molecule has 0 spiro atoms. The average Bonchev–Trinajstić information content (AvgIpc) is 2.52. The molecule has 2 aromatic rings. The molecule has 112 valence electrons. The summed E-state index contributed by atoms with van der Waals surface area (Å²) in [5.41, 5.74) is 2.99. The molecule has 0 unspecified atom stereocenters. The molecule has 0 saturated carbocycles. The number of ketones is 1. The fourth-order valence-corrected chi connectivity index (χ4v) is 2.72. The summed E-state index contributed by atoms with van der Waals surface area (Å²) in [6.45, 7) is 4.15. The van der Waals surface area contributed by atoms with E-state index in [0.717, 1.165) is 12.1 Å². The van der Waals surface area contributed by atoms with Gasteiger partial charge in [0.2, 0.25) is 0 Å². The monoisotopic (exact) mass is 301 g/mol. The minimum absolute atomic E-state index is 0.0417. The minimum atomic E-state index is -0.0417. The molecule has 1 aliphatic carbocycles. The highest BCUT2D eigenvalue weighted by molar-refractivity contribution is 5.98. The van der Waals surface area contributed by atoms with Crippen LogP contribution >= 0.6 is 0 Å². The summed E-state index contributed by atoms with van der Waals surface area (Å²) >= 11 is 0. The Morgan fingerprint density at radius 1 is 1.22 bits per heavy atom. The number of aromatic nitrogens is 2. The molecule has 0 aromatic carbocycles. The van der Waals surface area contributed by atoms with Crippen LogP contribution in [0.3, 0.4) is 0 Å². The van der Waals surface area contributed by atoms with E-state index in [9.17, 15) is 4.79 Å². The molecule has 2 aromatic heterocycles. The van der Waals surface area contributed by atoms with Gasteiger partial charge in [0.25, 0.3) is 0 Å². The van der Waals surface area contributed by atoms with Gasteiger partial charge in [-0.1, -0.05) is 19.8 Å². The van der Waals surface area contributed by atoms with Gasteiger partial charge in [-0.2, -0.15) is 5.26 Å². The highest BCUT2D eigenvalue weighted by atomic mass is 16.1. The Morgan fingerprint density at radius 3 is 2.83 bits per heavy atom. The Bertz CT molecular complexity index is 895. The lowest BCUT2D eigenvalue weighted by Crippen LogP contribution is -2.27. The summed E-state index contributed by atoms with van der Waals surface area (Å²) in [6, 6.07) is 7.23. The van der Waals surface area contributed by atoms with Gasteiger partial charge in [0.15, 0.2) is 5.78 Å². The summed E-state index contributed by atoms with van der Waals surface area (Å²) < 4.78 is 0. The number of hydrogen-bond acceptors (Lipinski definition) is 4. The van der Waals surface area contributed by atoms with Crippen molar-refractivity contribution in [3.63, 3.8) is 0 Å². The largest absolute Gasteiger partial charge is 0.294 e. The van der Waals surface area contributed by atoms with E-state index in [4.69, 9.17) is 5.26 Å². The van der Waals surface area contributed by atoms with Crippen LogP contribution < -0.4 is 0 Å². The van der Waals surface area contributed by atoms with Gasteiger partial charge in [-0.15, -0.1) is 0 Å². The van der Waals surface area contributed by atoms with Gasteiger partial charge in [-0.3, -0.25) is 9.78 Å². The molecule has 0 atom stereocenters. The van der Waals surface area contributed by atoms with E-state index in [1.807, 2.05) is 0 Å². The second-order valence-electron chi connectivity index (χ2n) is 6.42. The van der Waals surface area contributed by atoms with Gasteiger partial charge in [-0.05, 0) is 36.0 Å². The molecule has 0 amide bonds. The molecule has 1 aliphatic rings. The number of carbonyl (C=O) groups excluding carboxylic acids is 1. The van der Waals surface area contributed by atoms with Crippen molar-refractivity contribution in [3.05, 3.63) is 58.7 Å². The van der Waals surface area contributed by atoms with Crippen molar-refractivity contribution in [1.29, 1.82) is 5.26 Å². The lowest BCUT2D eigenvalue weighted by molar-refractivity contribution is 0.0910. The van der Waals surface area contributed by atoms with Crippen LogP contribution in [0.25, 0.3) is 0 Å². The summed E-state index contributed by atoms with van der Waals surface area (Å²) in [4.78, 5) is 20.8. The molecule has 4 heteroatoms. The second-order valence-corrected chi connectivity index (χ2v) is 6.42. The van der Waals surface area contributed by atoms with E-state index in [2.05, 4.69) is 41.7 Å². The van der Waals surface area contributed by atoms with Gasteiger partial charge < -0.3 is 0 Å². The van der Waals surface area contributed by atoms with E-state index in [1.165, 1.54) is 0 Å². The van der Waals surface area contributed by atoms with Crippen LogP contribution in [-0.2, 0) is 6.42 Å². The Hall–Kier alpha value is -2.98. The van der Waals surface area contributed by atoms with Crippen LogP contribution in [-0.4, -0.2) is 15.8 Å². The summed E-state index contributed by atoms with van der Waals surface area (Å²) in [5, 5.41) is 9.04. The van der Waals surface area contributed by atoms with E-state index in [-0.39, 0.29) is 11.2 Å². The number of pyridine rings is 2. The summed E-state index contributed by atoms with van der Waals surface area (Å²) in [7, 11) is 0. The number of rotatable bonds is 0. The third-order valence-corrected chi connectivity index (χ3v) is 3.81. The highest BCUT2D eigenvalue weighted by Gasteiger charge is 2.31. The number of carbonyl (C=O) groups is 1. The third kappa shape index (κ3) is 3.12. The molecule has 2 heterocycles. The lowest BCUT2D eigenvalue weighted by Gasteiger charge is -2.29. The molecule has 0 radical (unpaired) electrons. The maximum Gasteiger partial charge on any atom is 0.165 e.